The van der Waals surface area contributed by atoms with Gasteiger partial charge in [-0.15, -0.1) is 0 Å². The van der Waals surface area contributed by atoms with Gasteiger partial charge in [0, 0.05) is 7.11 Å². The zero-order chi connectivity index (χ0) is 12.8. The lowest BCUT2D eigenvalue weighted by Gasteiger charge is -2.25. The summed E-state index contributed by atoms with van der Waals surface area (Å²) in [7, 11) is 1.00. The number of hydrogen-bond donors (Lipinski definition) is 1. The van der Waals surface area contributed by atoms with Crippen molar-refractivity contribution in [2.75, 3.05) is 13.7 Å². The van der Waals surface area contributed by atoms with Crippen LogP contribution in [-0.2, 0) is 9.53 Å². The molecule has 3 heteroatoms. The molecule has 3 nitrogen and oxygen atoms in total. The zero-order valence-electron chi connectivity index (χ0n) is 11.2. The molecular weight excluding hydrogens is 204 g/mol. The molecule has 0 aromatic rings. The topological polar surface area (TPSA) is 46.5 Å². The van der Waals surface area contributed by atoms with Crippen molar-refractivity contribution in [1.29, 1.82) is 0 Å². The first-order chi connectivity index (χ1) is 7.74. The van der Waals surface area contributed by atoms with Crippen molar-refractivity contribution in [3.8, 4) is 0 Å². The predicted octanol–water partition coefficient (Wildman–Crippen LogP) is 2.81. The van der Waals surface area contributed by atoms with Gasteiger partial charge in [0.05, 0.1) is 6.10 Å². The van der Waals surface area contributed by atoms with Crippen LogP contribution in [0.2, 0.25) is 0 Å². The van der Waals surface area contributed by atoms with E-state index in [2.05, 4.69) is 20.8 Å². The van der Waals surface area contributed by atoms with Crippen molar-refractivity contribution in [2.24, 2.45) is 5.92 Å². The lowest BCUT2D eigenvalue weighted by Crippen LogP contribution is -2.22. The van der Waals surface area contributed by atoms with Gasteiger partial charge in [-0.25, -0.2) is 0 Å². The van der Waals surface area contributed by atoms with Crippen LogP contribution in [0, 0.1) is 5.92 Å². The third kappa shape index (κ3) is 11.7. The highest BCUT2D eigenvalue weighted by atomic mass is 16.5. The number of carbonyl (C=O) groups is 1. The maximum Gasteiger partial charge on any atom is 0.145 e. The van der Waals surface area contributed by atoms with Crippen LogP contribution < -0.4 is 0 Å². The Labute approximate surface area is 100 Å². The van der Waals surface area contributed by atoms with Crippen molar-refractivity contribution >= 4 is 6.29 Å². The van der Waals surface area contributed by atoms with E-state index >= 15 is 0 Å². The predicted molar refractivity (Wildman–Crippen MR) is 67.5 cm³/mol. The van der Waals surface area contributed by atoms with Crippen LogP contribution in [-0.4, -0.2) is 31.2 Å². The molecule has 1 fully saturated rings. The molecule has 1 aliphatic carbocycles. The second kappa shape index (κ2) is 14.6. The van der Waals surface area contributed by atoms with Crippen molar-refractivity contribution in [3.63, 3.8) is 0 Å². The van der Waals surface area contributed by atoms with Gasteiger partial charge in [-0.05, 0) is 18.8 Å². The van der Waals surface area contributed by atoms with Crippen LogP contribution >= 0.6 is 0 Å². The molecule has 0 aromatic heterocycles. The Kier molecular flexibility index (Phi) is 16.4. The van der Waals surface area contributed by atoms with Crippen molar-refractivity contribution in [2.45, 2.75) is 59.0 Å². The molecule has 0 spiro atoms. The standard InChI is InChI=1S/C9H16O2.C3H8.CH4O/c1-8-3-2-4-9(7-8)11-6-5-10;1-3-2;1-2/h5,8-9H,2-4,6-7H2,1H3;3H2,1-2H3;2H,1H3. The Morgan fingerprint density at radius 1 is 1.31 bits per heavy atom. The van der Waals surface area contributed by atoms with E-state index in [4.69, 9.17) is 9.84 Å². The molecule has 0 amide bonds. The van der Waals surface area contributed by atoms with Gasteiger partial charge in [-0.1, -0.05) is 40.0 Å². The fourth-order valence-electron chi connectivity index (χ4n) is 1.71. The summed E-state index contributed by atoms with van der Waals surface area (Å²) in [6.07, 6.45) is 7.28. The summed E-state index contributed by atoms with van der Waals surface area (Å²) < 4.78 is 5.33. The van der Waals surface area contributed by atoms with Crippen molar-refractivity contribution in [3.05, 3.63) is 0 Å². The fraction of sp³-hybridized carbons (Fsp3) is 0.923. The summed E-state index contributed by atoms with van der Waals surface area (Å²) in [5.41, 5.74) is 0. The number of aliphatic hydroxyl groups is 1. The van der Waals surface area contributed by atoms with Crippen molar-refractivity contribution in [1.82, 2.24) is 0 Å². The lowest BCUT2D eigenvalue weighted by atomic mass is 9.89. The monoisotopic (exact) mass is 232 g/mol. The van der Waals surface area contributed by atoms with Gasteiger partial charge in [0.25, 0.3) is 0 Å². The zero-order valence-corrected chi connectivity index (χ0v) is 11.2. The minimum absolute atomic E-state index is 0.275. The maximum absolute atomic E-state index is 10.0. The number of aldehydes is 1. The summed E-state index contributed by atoms with van der Waals surface area (Å²) >= 11 is 0. The van der Waals surface area contributed by atoms with E-state index in [-0.39, 0.29) is 6.61 Å². The van der Waals surface area contributed by atoms with Crippen LogP contribution in [0.3, 0.4) is 0 Å². The van der Waals surface area contributed by atoms with E-state index < -0.39 is 0 Å². The van der Waals surface area contributed by atoms with E-state index in [1.165, 1.54) is 19.3 Å². The number of aliphatic hydroxyl groups excluding tert-OH is 1. The van der Waals surface area contributed by atoms with Crippen LogP contribution in [0.4, 0.5) is 0 Å². The molecule has 0 radical (unpaired) electrons. The molecule has 2 atom stereocenters. The quantitative estimate of drug-likeness (QED) is 0.761. The van der Waals surface area contributed by atoms with Gasteiger partial charge >= 0.3 is 0 Å². The van der Waals surface area contributed by atoms with Crippen LogP contribution in [0.15, 0.2) is 0 Å². The molecule has 1 rings (SSSR count). The SMILES string of the molecule is CC1CCCC(OCC=O)C1.CCC.CO. The Bertz CT molecular complexity index is 137. The highest BCUT2D eigenvalue weighted by Gasteiger charge is 2.18. The number of rotatable bonds is 3. The van der Waals surface area contributed by atoms with Gasteiger partial charge in [0.2, 0.25) is 0 Å². The molecule has 16 heavy (non-hydrogen) atoms. The second-order valence-corrected chi connectivity index (χ2v) is 4.10. The third-order valence-electron chi connectivity index (χ3n) is 2.29. The Hall–Kier alpha value is -0.410. The van der Waals surface area contributed by atoms with Crippen LogP contribution in [0.1, 0.15) is 52.9 Å². The van der Waals surface area contributed by atoms with E-state index in [0.29, 0.717) is 6.10 Å². The van der Waals surface area contributed by atoms with Gasteiger partial charge < -0.3 is 14.6 Å². The second-order valence-electron chi connectivity index (χ2n) is 4.10. The minimum atomic E-state index is 0.275. The first-order valence-corrected chi connectivity index (χ1v) is 6.24. The molecule has 0 aliphatic heterocycles. The minimum Gasteiger partial charge on any atom is -0.400 e. The fourth-order valence-corrected chi connectivity index (χ4v) is 1.71. The summed E-state index contributed by atoms with van der Waals surface area (Å²) in [5, 5.41) is 7.00. The molecule has 2 unspecified atom stereocenters. The first-order valence-electron chi connectivity index (χ1n) is 6.24. The van der Waals surface area contributed by atoms with E-state index in [1.807, 2.05) is 0 Å². The van der Waals surface area contributed by atoms with Crippen molar-refractivity contribution < 1.29 is 14.6 Å². The Balaban J connectivity index is 0. The smallest absolute Gasteiger partial charge is 0.145 e. The third-order valence-corrected chi connectivity index (χ3v) is 2.29. The molecule has 0 heterocycles. The van der Waals surface area contributed by atoms with Gasteiger partial charge in [-0.3, -0.25) is 0 Å². The number of carbonyl (C=O) groups excluding carboxylic acids is 1. The summed E-state index contributed by atoms with van der Waals surface area (Å²) in [5.74, 6) is 0.778. The summed E-state index contributed by atoms with van der Waals surface area (Å²) in [4.78, 5) is 10.0. The molecule has 1 aliphatic rings. The van der Waals surface area contributed by atoms with Gasteiger partial charge in [0.1, 0.15) is 12.9 Å². The van der Waals surface area contributed by atoms with Crippen LogP contribution in [0.5, 0.6) is 0 Å². The summed E-state index contributed by atoms with van der Waals surface area (Å²) in [6.45, 7) is 6.77. The Morgan fingerprint density at radius 2 is 1.88 bits per heavy atom. The van der Waals surface area contributed by atoms with Crippen LogP contribution in [0.25, 0.3) is 0 Å². The highest BCUT2D eigenvalue weighted by Crippen LogP contribution is 2.25. The van der Waals surface area contributed by atoms with Gasteiger partial charge in [-0.2, -0.15) is 0 Å². The molecular formula is C13H28O3. The van der Waals surface area contributed by atoms with Gasteiger partial charge in [0.15, 0.2) is 0 Å². The highest BCUT2D eigenvalue weighted by molar-refractivity contribution is 5.50. The molecule has 98 valence electrons. The molecule has 0 saturated heterocycles. The van der Waals surface area contributed by atoms with E-state index in [0.717, 1.165) is 32.2 Å². The maximum atomic E-state index is 10.0. The average Bonchev–Trinajstić information content (AvgIpc) is 2.30. The molecule has 1 saturated carbocycles. The lowest BCUT2D eigenvalue weighted by molar-refractivity contribution is -0.114. The number of hydrogen-bond acceptors (Lipinski definition) is 3. The molecule has 0 bridgehead atoms. The first kappa shape index (κ1) is 18.0. The van der Waals surface area contributed by atoms with E-state index in [9.17, 15) is 4.79 Å². The normalized spacial score (nSPS) is 23.3. The Morgan fingerprint density at radius 3 is 2.31 bits per heavy atom. The average molecular weight is 232 g/mol. The number of ether oxygens (including phenoxy) is 1. The molecule has 1 N–H and O–H groups in total. The summed E-state index contributed by atoms with van der Waals surface area (Å²) in [6, 6.07) is 0. The van der Waals surface area contributed by atoms with E-state index in [1.54, 1.807) is 0 Å². The largest absolute Gasteiger partial charge is 0.400 e. The molecule has 0 aromatic carbocycles.